The van der Waals surface area contributed by atoms with Crippen LogP contribution in [0, 0.1) is 38.2 Å². The number of hydrogen-bond donors (Lipinski definition) is 1. The maximum absolute atomic E-state index is 13.7. The van der Waals surface area contributed by atoms with Crippen molar-refractivity contribution in [2.24, 2.45) is 0 Å². The monoisotopic (exact) mass is 313 g/mol. The molecule has 0 saturated carbocycles. The van der Waals surface area contributed by atoms with Crippen molar-refractivity contribution in [1.82, 2.24) is 0 Å². The minimum Gasteiger partial charge on any atom is -0.296 e. The van der Waals surface area contributed by atoms with Gasteiger partial charge in [-0.05, 0) is 56.2 Å². The zero-order valence-electron chi connectivity index (χ0n) is 11.8. The molecule has 112 valence electrons. The maximum Gasteiger partial charge on any atom is 0.150 e. The van der Waals surface area contributed by atoms with Crippen molar-refractivity contribution in [3.63, 3.8) is 0 Å². The Hall–Kier alpha value is -1.82. The molecule has 2 aromatic rings. The third kappa shape index (κ3) is 3.26. The smallest absolute Gasteiger partial charge is 0.150 e. The van der Waals surface area contributed by atoms with Gasteiger partial charge in [0.1, 0.15) is 11.5 Å². The second kappa shape index (κ2) is 5.89. The Labute approximate surface area is 123 Å². The van der Waals surface area contributed by atoms with Gasteiger partial charge in [-0.15, -0.1) is 0 Å². The van der Waals surface area contributed by atoms with Crippen LogP contribution in [-0.2, 0) is 11.0 Å². The summed E-state index contributed by atoms with van der Waals surface area (Å²) in [7, 11) is -1.96. The summed E-state index contributed by atoms with van der Waals surface area (Å²) in [5.74, 6) is -2.19. The SMILES string of the molecule is Cc1cc(F)c(NS(=O)c2cc(C)cc(F)c2C)c(F)c1. The van der Waals surface area contributed by atoms with Crippen molar-refractivity contribution >= 4 is 16.7 Å². The summed E-state index contributed by atoms with van der Waals surface area (Å²) in [6, 6.07) is 5.09. The Morgan fingerprint density at radius 2 is 1.33 bits per heavy atom. The molecule has 0 saturated heterocycles. The third-order valence-corrected chi connectivity index (χ3v) is 4.23. The lowest BCUT2D eigenvalue weighted by Crippen LogP contribution is -2.10. The normalized spacial score (nSPS) is 12.3. The van der Waals surface area contributed by atoms with E-state index in [0.717, 1.165) is 12.1 Å². The fourth-order valence-corrected chi connectivity index (χ4v) is 3.08. The predicted octanol–water partition coefficient (Wildman–Crippen LogP) is 4.16. The van der Waals surface area contributed by atoms with Gasteiger partial charge >= 0.3 is 0 Å². The first kappa shape index (κ1) is 15.6. The molecule has 2 aromatic carbocycles. The first-order valence-electron chi connectivity index (χ1n) is 6.20. The van der Waals surface area contributed by atoms with Crippen molar-refractivity contribution in [2.75, 3.05) is 4.72 Å². The largest absolute Gasteiger partial charge is 0.296 e. The van der Waals surface area contributed by atoms with Crippen molar-refractivity contribution < 1.29 is 17.4 Å². The summed E-state index contributed by atoms with van der Waals surface area (Å²) in [6.45, 7) is 4.66. The molecule has 2 nitrogen and oxygen atoms in total. The molecule has 0 fully saturated rings. The number of benzene rings is 2. The fraction of sp³-hybridized carbons (Fsp3) is 0.200. The van der Waals surface area contributed by atoms with Crippen molar-refractivity contribution in [3.8, 4) is 0 Å². The van der Waals surface area contributed by atoms with Crippen LogP contribution in [-0.4, -0.2) is 4.21 Å². The minimum atomic E-state index is -1.96. The van der Waals surface area contributed by atoms with Gasteiger partial charge in [0.2, 0.25) is 0 Å². The molecule has 1 atom stereocenters. The Kier molecular flexibility index (Phi) is 4.37. The van der Waals surface area contributed by atoms with Gasteiger partial charge in [0.15, 0.2) is 22.6 Å². The lowest BCUT2D eigenvalue weighted by atomic mass is 10.1. The van der Waals surface area contributed by atoms with E-state index in [1.54, 1.807) is 13.8 Å². The summed E-state index contributed by atoms with van der Waals surface area (Å²) < 4.78 is 55.6. The Morgan fingerprint density at radius 1 is 0.857 bits per heavy atom. The van der Waals surface area contributed by atoms with Gasteiger partial charge < -0.3 is 0 Å². The molecule has 0 aromatic heterocycles. The van der Waals surface area contributed by atoms with Gasteiger partial charge in [0.05, 0.1) is 4.90 Å². The maximum atomic E-state index is 13.7. The molecule has 0 amide bonds. The molecule has 0 aliphatic rings. The predicted molar refractivity (Wildman–Crippen MR) is 77.0 cm³/mol. The van der Waals surface area contributed by atoms with E-state index in [4.69, 9.17) is 0 Å². The first-order valence-corrected chi connectivity index (χ1v) is 7.35. The zero-order chi connectivity index (χ0) is 15.7. The molecule has 0 heterocycles. The zero-order valence-corrected chi connectivity index (χ0v) is 12.6. The lowest BCUT2D eigenvalue weighted by Gasteiger charge is -2.12. The first-order chi connectivity index (χ1) is 9.79. The summed E-state index contributed by atoms with van der Waals surface area (Å²) in [5.41, 5.74) is 0.687. The van der Waals surface area contributed by atoms with E-state index >= 15 is 0 Å². The topological polar surface area (TPSA) is 29.1 Å². The van der Waals surface area contributed by atoms with Gasteiger partial charge in [0.25, 0.3) is 0 Å². The number of hydrogen-bond acceptors (Lipinski definition) is 1. The lowest BCUT2D eigenvalue weighted by molar-refractivity contribution is 0.589. The second-order valence-electron chi connectivity index (χ2n) is 4.84. The highest BCUT2D eigenvalue weighted by atomic mass is 32.2. The van der Waals surface area contributed by atoms with Crippen LogP contribution in [0.25, 0.3) is 0 Å². The average Bonchev–Trinajstić information content (AvgIpc) is 2.37. The van der Waals surface area contributed by atoms with E-state index in [9.17, 15) is 17.4 Å². The van der Waals surface area contributed by atoms with E-state index in [-0.39, 0.29) is 10.5 Å². The average molecular weight is 313 g/mol. The molecule has 1 N–H and O–H groups in total. The molecule has 1 unspecified atom stereocenters. The second-order valence-corrected chi connectivity index (χ2v) is 6.03. The van der Waals surface area contributed by atoms with E-state index in [1.807, 2.05) is 0 Å². The van der Waals surface area contributed by atoms with Gasteiger partial charge in [0, 0.05) is 5.56 Å². The molecule has 0 bridgehead atoms. The van der Waals surface area contributed by atoms with Crippen molar-refractivity contribution in [2.45, 2.75) is 25.7 Å². The van der Waals surface area contributed by atoms with Crippen LogP contribution >= 0.6 is 0 Å². The van der Waals surface area contributed by atoms with Gasteiger partial charge in [-0.3, -0.25) is 4.72 Å². The number of aryl methyl sites for hydroxylation is 2. The highest BCUT2D eigenvalue weighted by Crippen LogP contribution is 2.24. The number of rotatable bonds is 3. The standard InChI is InChI=1S/C15H14F3NOS/c1-8-5-12(17)15(13(18)6-8)19-21(20)14-7-9(2)4-11(16)10(14)3/h4-7,19H,1-3H3. The van der Waals surface area contributed by atoms with Crippen LogP contribution in [0.2, 0.25) is 0 Å². The quantitative estimate of drug-likeness (QED) is 0.905. The third-order valence-electron chi connectivity index (χ3n) is 3.02. The Bertz CT molecular complexity index is 708. The van der Waals surface area contributed by atoms with Crippen LogP contribution < -0.4 is 4.72 Å². The van der Waals surface area contributed by atoms with Crippen LogP contribution in [0.15, 0.2) is 29.2 Å². The Balaban J connectivity index is 2.40. The minimum absolute atomic E-state index is 0.159. The molecule has 0 aliphatic carbocycles. The van der Waals surface area contributed by atoms with Crippen LogP contribution in [0.3, 0.4) is 0 Å². The van der Waals surface area contributed by atoms with Crippen molar-refractivity contribution in [1.29, 1.82) is 0 Å². The van der Waals surface area contributed by atoms with E-state index < -0.39 is 34.1 Å². The fourth-order valence-electron chi connectivity index (χ4n) is 1.92. The highest BCUT2D eigenvalue weighted by Gasteiger charge is 2.16. The number of anilines is 1. The highest BCUT2D eigenvalue weighted by molar-refractivity contribution is 7.86. The van der Waals surface area contributed by atoms with Gasteiger partial charge in [-0.1, -0.05) is 0 Å². The van der Waals surface area contributed by atoms with E-state index in [2.05, 4.69) is 4.72 Å². The van der Waals surface area contributed by atoms with E-state index in [1.165, 1.54) is 19.1 Å². The van der Waals surface area contributed by atoms with Crippen LogP contribution in [0.5, 0.6) is 0 Å². The molecule has 0 spiro atoms. The summed E-state index contributed by atoms with van der Waals surface area (Å²) in [6.07, 6.45) is 0. The molecular formula is C15H14F3NOS. The van der Waals surface area contributed by atoms with Crippen LogP contribution in [0.4, 0.5) is 18.9 Å². The summed E-state index contributed by atoms with van der Waals surface area (Å²) in [5, 5.41) is 0. The summed E-state index contributed by atoms with van der Waals surface area (Å²) in [4.78, 5) is 0.159. The molecule has 21 heavy (non-hydrogen) atoms. The Morgan fingerprint density at radius 3 is 1.90 bits per heavy atom. The van der Waals surface area contributed by atoms with Crippen LogP contribution in [0.1, 0.15) is 16.7 Å². The molecule has 0 radical (unpaired) electrons. The summed E-state index contributed by atoms with van der Waals surface area (Å²) >= 11 is 0. The molecule has 0 aliphatic heterocycles. The molecule has 6 heteroatoms. The van der Waals surface area contributed by atoms with Crippen molar-refractivity contribution in [3.05, 3.63) is 58.4 Å². The van der Waals surface area contributed by atoms with Gasteiger partial charge in [-0.2, -0.15) is 0 Å². The number of halogens is 3. The molecular weight excluding hydrogens is 299 g/mol. The molecule has 2 rings (SSSR count). The number of nitrogens with one attached hydrogen (secondary N) is 1. The van der Waals surface area contributed by atoms with Gasteiger partial charge in [-0.25, -0.2) is 17.4 Å². The van der Waals surface area contributed by atoms with E-state index in [0.29, 0.717) is 11.1 Å².